The molecule has 0 aliphatic carbocycles. The summed E-state index contributed by atoms with van der Waals surface area (Å²) in [6, 6.07) is 3.88. The van der Waals surface area contributed by atoms with Crippen LogP contribution in [-0.4, -0.2) is 50.9 Å². The van der Waals surface area contributed by atoms with Crippen molar-refractivity contribution in [2.24, 2.45) is 0 Å². The molecule has 1 aromatic carbocycles. The third kappa shape index (κ3) is 5.41. The van der Waals surface area contributed by atoms with Gasteiger partial charge in [0.05, 0.1) is 19.4 Å². The Kier molecular flexibility index (Phi) is 7.74. The quantitative estimate of drug-likeness (QED) is 0.570. The molecule has 2 rings (SSSR count). The van der Waals surface area contributed by atoms with E-state index in [0.717, 1.165) is 16.8 Å². The minimum atomic E-state index is -1.49. The lowest BCUT2D eigenvalue weighted by molar-refractivity contribution is -0.116. The highest BCUT2D eigenvalue weighted by atomic mass is 35.5. The predicted octanol–water partition coefficient (Wildman–Crippen LogP) is 3.27. The van der Waals surface area contributed by atoms with Crippen LogP contribution in [0.4, 0.5) is 10.5 Å². The van der Waals surface area contributed by atoms with Crippen molar-refractivity contribution < 1.29 is 24.1 Å². The summed E-state index contributed by atoms with van der Waals surface area (Å²) < 4.78 is 15.5. The number of amides is 1. The zero-order valence-electron chi connectivity index (χ0n) is 16.5. The second kappa shape index (κ2) is 9.82. The van der Waals surface area contributed by atoms with Gasteiger partial charge in [0.25, 0.3) is 0 Å². The third-order valence-electron chi connectivity index (χ3n) is 4.50. The SMILES string of the molecule is CNc1cc(C/C(C)=C/C=C/[C@@H](OC)[C@@]2(O)CCOC(=O)N2)cc(OC)c1Cl. The summed E-state index contributed by atoms with van der Waals surface area (Å²) in [7, 11) is 4.87. The molecule has 1 heterocycles. The highest BCUT2D eigenvalue weighted by molar-refractivity contribution is 6.34. The number of hydrogen-bond donors (Lipinski definition) is 3. The fourth-order valence-electron chi connectivity index (χ4n) is 3.01. The lowest BCUT2D eigenvalue weighted by Gasteiger charge is -2.36. The maximum Gasteiger partial charge on any atom is 0.409 e. The number of aliphatic hydroxyl groups is 1. The van der Waals surface area contributed by atoms with E-state index in [4.69, 9.17) is 25.8 Å². The number of hydrogen-bond acceptors (Lipinski definition) is 6. The second-order valence-corrected chi connectivity index (χ2v) is 6.95. The molecule has 3 N–H and O–H groups in total. The van der Waals surface area contributed by atoms with Gasteiger partial charge in [0.1, 0.15) is 16.9 Å². The monoisotopic (exact) mass is 410 g/mol. The van der Waals surface area contributed by atoms with Gasteiger partial charge in [0, 0.05) is 20.6 Å². The Labute approximate surface area is 170 Å². The molecule has 0 bridgehead atoms. The van der Waals surface area contributed by atoms with Gasteiger partial charge in [-0.2, -0.15) is 0 Å². The van der Waals surface area contributed by atoms with E-state index in [9.17, 15) is 9.90 Å². The van der Waals surface area contributed by atoms with Crippen molar-refractivity contribution in [2.75, 3.05) is 33.2 Å². The maximum atomic E-state index is 11.4. The van der Waals surface area contributed by atoms with E-state index < -0.39 is 17.9 Å². The van der Waals surface area contributed by atoms with Crippen LogP contribution in [-0.2, 0) is 15.9 Å². The molecule has 0 saturated carbocycles. The molecule has 0 unspecified atom stereocenters. The first-order valence-corrected chi connectivity index (χ1v) is 9.29. The maximum absolute atomic E-state index is 11.4. The first-order chi connectivity index (χ1) is 13.3. The number of halogens is 1. The summed E-state index contributed by atoms with van der Waals surface area (Å²) in [4.78, 5) is 11.4. The number of rotatable bonds is 8. The molecule has 2 atom stereocenters. The summed E-state index contributed by atoms with van der Waals surface area (Å²) in [6.07, 6.45) is 5.01. The van der Waals surface area contributed by atoms with Crippen LogP contribution in [0.5, 0.6) is 5.75 Å². The molecule has 28 heavy (non-hydrogen) atoms. The van der Waals surface area contributed by atoms with Crippen molar-refractivity contribution in [3.8, 4) is 5.75 Å². The zero-order chi connectivity index (χ0) is 20.7. The minimum absolute atomic E-state index is 0.136. The summed E-state index contributed by atoms with van der Waals surface area (Å²) in [5, 5.41) is 16.6. The van der Waals surface area contributed by atoms with Crippen molar-refractivity contribution in [3.05, 3.63) is 46.5 Å². The molecule has 1 amide bonds. The van der Waals surface area contributed by atoms with Crippen LogP contribution in [0.1, 0.15) is 18.9 Å². The molecular formula is C20H27ClN2O5. The summed E-state index contributed by atoms with van der Waals surface area (Å²) >= 11 is 6.26. The van der Waals surface area contributed by atoms with Crippen molar-refractivity contribution in [2.45, 2.75) is 31.6 Å². The van der Waals surface area contributed by atoms with E-state index in [2.05, 4.69) is 10.6 Å². The Morgan fingerprint density at radius 2 is 2.25 bits per heavy atom. The molecular weight excluding hydrogens is 384 g/mol. The Hall–Kier alpha value is -2.22. The number of cyclic esters (lactones) is 1. The summed E-state index contributed by atoms with van der Waals surface area (Å²) in [5.74, 6) is 0.615. The Bertz CT molecular complexity index is 740. The van der Waals surface area contributed by atoms with Gasteiger partial charge in [-0.05, 0) is 31.0 Å². The Morgan fingerprint density at radius 1 is 1.50 bits per heavy atom. The number of nitrogens with one attached hydrogen (secondary N) is 2. The molecule has 7 nitrogen and oxygen atoms in total. The third-order valence-corrected chi connectivity index (χ3v) is 4.89. The van der Waals surface area contributed by atoms with Gasteiger partial charge in [-0.15, -0.1) is 0 Å². The molecule has 1 aliphatic heterocycles. The molecule has 1 fully saturated rings. The number of carbonyl (C=O) groups excluding carboxylic acids is 1. The van der Waals surface area contributed by atoms with E-state index in [1.807, 2.05) is 25.1 Å². The van der Waals surface area contributed by atoms with Gasteiger partial charge in [0.2, 0.25) is 0 Å². The van der Waals surface area contributed by atoms with Crippen LogP contribution >= 0.6 is 11.6 Å². The topological polar surface area (TPSA) is 89.0 Å². The van der Waals surface area contributed by atoms with Crippen LogP contribution in [0.2, 0.25) is 5.02 Å². The average molecular weight is 411 g/mol. The normalized spacial score (nSPS) is 21.2. The predicted molar refractivity (Wildman–Crippen MR) is 109 cm³/mol. The first-order valence-electron chi connectivity index (χ1n) is 8.91. The molecule has 1 aliphatic rings. The number of carbonyl (C=O) groups is 1. The van der Waals surface area contributed by atoms with Gasteiger partial charge in [-0.1, -0.05) is 35.4 Å². The van der Waals surface area contributed by atoms with Crippen LogP contribution in [0, 0.1) is 0 Å². The van der Waals surface area contributed by atoms with Crippen molar-refractivity contribution >= 4 is 23.4 Å². The van der Waals surface area contributed by atoms with Crippen molar-refractivity contribution in [3.63, 3.8) is 0 Å². The van der Waals surface area contributed by atoms with E-state index in [0.29, 0.717) is 17.2 Å². The molecule has 0 aromatic heterocycles. The number of anilines is 1. The number of ether oxygens (including phenoxy) is 3. The van der Waals surface area contributed by atoms with Crippen molar-refractivity contribution in [1.29, 1.82) is 0 Å². The van der Waals surface area contributed by atoms with Crippen LogP contribution in [0.3, 0.4) is 0 Å². The molecule has 154 valence electrons. The molecule has 0 radical (unpaired) electrons. The fourth-order valence-corrected chi connectivity index (χ4v) is 3.29. The number of benzene rings is 1. The lowest BCUT2D eigenvalue weighted by atomic mass is 10.0. The zero-order valence-corrected chi connectivity index (χ0v) is 17.3. The molecule has 1 saturated heterocycles. The van der Waals surface area contributed by atoms with Crippen LogP contribution in [0.25, 0.3) is 0 Å². The van der Waals surface area contributed by atoms with E-state index in [1.54, 1.807) is 26.3 Å². The summed E-state index contributed by atoms with van der Waals surface area (Å²) in [6.45, 7) is 2.13. The summed E-state index contributed by atoms with van der Waals surface area (Å²) in [5.41, 5.74) is 1.44. The Morgan fingerprint density at radius 3 is 2.86 bits per heavy atom. The fraction of sp³-hybridized carbons (Fsp3) is 0.450. The first kappa shape index (κ1) is 22.1. The molecule has 0 spiro atoms. The van der Waals surface area contributed by atoms with Crippen LogP contribution in [0.15, 0.2) is 35.9 Å². The smallest absolute Gasteiger partial charge is 0.409 e. The Balaban J connectivity index is 2.10. The van der Waals surface area contributed by atoms with E-state index >= 15 is 0 Å². The van der Waals surface area contributed by atoms with Gasteiger partial charge in [-0.3, -0.25) is 5.32 Å². The van der Waals surface area contributed by atoms with E-state index in [-0.39, 0.29) is 13.0 Å². The van der Waals surface area contributed by atoms with E-state index in [1.165, 1.54) is 7.11 Å². The number of methoxy groups -OCH3 is 2. The standard InChI is InChI=1S/C20H27ClN2O5/c1-13(10-14-11-15(22-2)18(21)16(12-14)26-3)6-5-7-17(27-4)20(25)8-9-28-19(24)23-20/h5-7,11-12,17,22,25H,8-10H2,1-4H3,(H,23,24)/b7-5+,13-6+/t17-,20+/m1/s1. The lowest BCUT2D eigenvalue weighted by Crippen LogP contribution is -2.60. The number of alkyl carbamates (subject to hydrolysis) is 1. The van der Waals surface area contributed by atoms with Crippen molar-refractivity contribution in [1.82, 2.24) is 5.32 Å². The van der Waals surface area contributed by atoms with Gasteiger partial charge >= 0.3 is 6.09 Å². The molecule has 8 heteroatoms. The second-order valence-electron chi connectivity index (χ2n) is 6.58. The molecule has 1 aromatic rings. The highest BCUT2D eigenvalue weighted by Crippen LogP contribution is 2.34. The highest BCUT2D eigenvalue weighted by Gasteiger charge is 2.40. The minimum Gasteiger partial charge on any atom is -0.495 e. The van der Waals surface area contributed by atoms with Gasteiger partial charge < -0.3 is 24.6 Å². The largest absolute Gasteiger partial charge is 0.495 e. The number of allylic oxidation sites excluding steroid dienone is 3. The van der Waals surface area contributed by atoms with Gasteiger partial charge in [0.15, 0.2) is 5.72 Å². The average Bonchev–Trinajstić information content (AvgIpc) is 2.66. The van der Waals surface area contributed by atoms with Gasteiger partial charge in [-0.25, -0.2) is 4.79 Å². The van der Waals surface area contributed by atoms with Crippen LogP contribution < -0.4 is 15.4 Å².